The summed E-state index contributed by atoms with van der Waals surface area (Å²) in [5, 5.41) is 0. The average Bonchev–Trinajstić information content (AvgIpc) is 2.07. The van der Waals surface area contributed by atoms with E-state index in [4.69, 9.17) is 4.65 Å². The Morgan fingerprint density at radius 2 is 1.54 bits per heavy atom. The molecular weight excluding hydrogens is 160 g/mol. The zero-order chi connectivity index (χ0) is 10.3. The predicted molar refractivity (Wildman–Crippen MR) is 53.5 cm³/mol. The van der Waals surface area contributed by atoms with Crippen molar-refractivity contribution in [1.29, 1.82) is 0 Å². The van der Waals surface area contributed by atoms with Gasteiger partial charge in [-0.2, -0.15) is 0 Å². The van der Waals surface area contributed by atoms with Gasteiger partial charge in [-0.15, -0.1) is 0 Å². The second kappa shape index (κ2) is 5.58. The topological polar surface area (TPSA) is 19.9 Å². The summed E-state index contributed by atoms with van der Waals surface area (Å²) >= 11 is 0. The summed E-state index contributed by atoms with van der Waals surface area (Å²) in [7, 11) is 0. The molecule has 1 nitrogen and oxygen atoms in total. The van der Waals surface area contributed by atoms with Crippen LogP contribution in [0.15, 0.2) is 30.3 Å². The molecule has 0 aromatic heterocycles. The summed E-state index contributed by atoms with van der Waals surface area (Å²) in [6, 6.07) is 10.6. The Labute approximate surface area is 80.5 Å². The molecule has 0 aliphatic carbocycles. The van der Waals surface area contributed by atoms with Gasteiger partial charge in [0, 0.05) is 0 Å². The fourth-order valence-corrected chi connectivity index (χ4v) is 1.21. The zero-order valence-corrected chi connectivity index (χ0v) is 8.50. The van der Waals surface area contributed by atoms with E-state index >= 15 is 0 Å². The standard InChI is InChI=1S/C11H16.CO/c1-11(2,3)9-10-7-5-4-6-8-10;1-2/h4-8H,9H2,1-3H3;. The molecule has 0 aliphatic heterocycles. The van der Waals surface area contributed by atoms with Crippen LogP contribution < -0.4 is 0 Å². The van der Waals surface area contributed by atoms with Gasteiger partial charge in [0.25, 0.3) is 0 Å². The van der Waals surface area contributed by atoms with E-state index in [1.165, 1.54) is 5.56 Å². The van der Waals surface area contributed by atoms with Crippen molar-refractivity contribution in [3.8, 4) is 0 Å². The van der Waals surface area contributed by atoms with Crippen molar-refractivity contribution in [3.05, 3.63) is 42.5 Å². The van der Waals surface area contributed by atoms with Crippen molar-refractivity contribution in [1.82, 2.24) is 0 Å². The Hall–Kier alpha value is -1.04. The van der Waals surface area contributed by atoms with Gasteiger partial charge in [0.1, 0.15) is 0 Å². The summed E-state index contributed by atoms with van der Waals surface area (Å²) in [4.78, 5) is 0. The first-order valence-corrected chi connectivity index (χ1v) is 4.32. The Bertz CT molecular complexity index is 241. The van der Waals surface area contributed by atoms with E-state index in [1.807, 2.05) is 0 Å². The molecule has 1 aromatic rings. The average molecular weight is 176 g/mol. The van der Waals surface area contributed by atoms with E-state index in [9.17, 15) is 0 Å². The molecule has 0 bridgehead atoms. The molecular formula is C12H16O. The van der Waals surface area contributed by atoms with Crippen LogP contribution in [0.1, 0.15) is 26.3 Å². The fraction of sp³-hybridized carbons (Fsp3) is 0.417. The first-order chi connectivity index (χ1) is 6.08. The first kappa shape index (κ1) is 12.0. The van der Waals surface area contributed by atoms with Crippen LogP contribution in [0.25, 0.3) is 0 Å². The molecule has 0 heterocycles. The summed E-state index contributed by atoms with van der Waals surface area (Å²) in [6.45, 7) is 11.3. The Balaban J connectivity index is 0.000000671. The molecule has 0 atom stereocenters. The molecule has 1 heteroatoms. The molecule has 0 aliphatic rings. The van der Waals surface area contributed by atoms with E-state index in [0.717, 1.165) is 6.42 Å². The van der Waals surface area contributed by atoms with Crippen molar-refractivity contribution in [2.45, 2.75) is 27.2 Å². The van der Waals surface area contributed by atoms with Crippen LogP contribution in [-0.2, 0) is 11.1 Å². The summed E-state index contributed by atoms with van der Waals surface area (Å²) in [5.41, 5.74) is 1.83. The molecule has 1 aromatic carbocycles. The van der Waals surface area contributed by atoms with Crippen LogP contribution in [0.2, 0.25) is 0 Å². The van der Waals surface area contributed by atoms with Crippen molar-refractivity contribution in [3.63, 3.8) is 0 Å². The van der Waals surface area contributed by atoms with E-state index in [0.29, 0.717) is 5.41 Å². The molecule has 0 fully saturated rings. The van der Waals surface area contributed by atoms with Gasteiger partial charge in [-0.1, -0.05) is 51.1 Å². The Morgan fingerprint density at radius 3 is 1.92 bits per heavy atom. The van der Waals surface area contributed by atoms with Crippen molar-refractivity contribution in [2.75, 3.05) is 0 Å². The maximum atomic E-state index is 7.50. The number of hydrogen-bond acceptors (Lipinski definition) is 0. The number of rotatable bonds is 1. The second-order valence-electron chi connectivity index (χ2n) is 4.22. The first-order valence-electron chi connectivity index (χ1n) is 4.32. The van der Waals surface area contributed by atoms with Crippen LogP contribution in [0.5, 0.6) is 0 Å². The number of benzene rings is 1. The van der Waals surface area contributed by atoms with Gasteiger partial charge >= 0.3 is 11.3 Å². The van der Waals surface area contributed by atoms with Crippen LogP contribution in [0.3, 0.4) is 0 Å². The van der Waals surface area contributed by atoms with Crippen LogP contribution >= 0.6 is 0 Å². The molecule has 13 heavy (non-hydrogen) atoms. The molecule has 0 saturated heterocycles. The normalized spacial score (nSPS) is 9.92. The van der Waals surface area contributed by atoms with Crippen molar-refractivity contribution < 1.29 is 4.65 Å². The van der Waals surface area contributed by atoms with Gasteiger partial charge in [0.05, 0.1) is 0 Å². The summed E-state index contributed by atoms with van der Waals surface area (Å²) in [6.07, 6.45) is 1.16. The molecule has 0 amide bonds. The maximum absolute atomic E-state index is 7.50. The third-order valence-electron chi connectivity index (χ3n) is 1.58. The van der Waals surface area contributed by atoms with Crippen LogP contribution in [-0.4, -0.2) is 0 Å². The minimum absolute atomic E-state index is 0.404. The van der Waals surface area contributed by atoms with E-state index in [-0.39, 0.29) is 0 Å². The molecule has 0 unspecified atom stereocenters. The van der Waals surface area contributed by atoms with Gasteiger partial charge in [-0.25, -0.2) is 0 Å². The van der Waals surface area contributed by atoms with Gasteiger partial charge in [0.15, 0.2) is 0 Å². The van der Waals surface area contributed by atoms with Gasteiger partial charge in [-0.3, -0.25) is 0 Å². The van der Waals surface area contributed by atoms with E-state index < -0.39 is 0 Å². The SMILES string of the molecule is CC(C)(C)Cc1ccccc1.[C-]#[O+]. The molecule has 0 N–H and O–H groups in total. The molecule has 70 valence electrons. The number of hydrogen-bond donors (Lipinski definition) is 0. The van der Waals surface area contributed by atoms with Gasteiger partial charge in [0.2, 0.25) is 0 Å². The van der Waals surface area contributed by atoms with Crippen molar-refractivity contribution >= 4 is 0 Å². The van der Waals surface area contributed by atoms with Crippen LogP contribution in [0, 0.1) is 12.1 Å². The molecule has 0 radical (unpaired) electrons. The van der Waals surface area contributed by atoms with Crippen LogP contribution in [0.4, 0.5) is 0 Å². The van der Waals surface area contributed by atoms with E-state index in [2.05, 4.69) is 57.8 Å². The third kappa shape index (κ3) is 6.15. The monoisotopic (exact) mass is 176 g/mol. The quantitative estimate of drug-likeness (QED) is 0.462. The second-order valence-corrected chi connectivity index (χ2v) is 4.22. The molecule has 0 spiro atoms. The third-order valence-corrected chi connectivity index (χ3v) is 1.58. The Morgan fingerprint density at radius 1 is 1.08 bits per heavy atom. The van der Waals surface area contributed by atoms with Gasteiger partial charge < -0.3 is 0 Å². The fourth-order valence-electron chi connectivity index (χ4n) is 1.21. The van der Waals surface area contributed by atoms with Gasteiger partial charge in [-0.05, 0) is 17.4 Å². The van der Waals surface area contributed by atoms with E-state index in [1.54, 1.807) is 0 Å². The molecule has 0 saturated carbocycles. The Kier molecular flexibility index (Phi) is 5.13. The summed E-state index contributed by atoms with van der Waals surface area (Å²) in [5.74, 6) is 0. The van der Waals surface area contributed by atoms with Crippen molar-refractivity contribution in [2.24, 2.45) is 5.41 Å². The zero-order valence-electron chi connectivity index (χ0n) is 8.50. The predicted octanol–water partition coefficient (Wildman–Crippen LogP) is 3.24. The molecule has 1 rings (SSSR count). The minimum atomic E-state index is 0.404. The summed E-state index contributed by atoms with van der Waals surface area (Å²) < 4.78 is 7.50.